The summed E-state index contributed by atoms with van der Waals surface area (Å²) >= 11 is 5.92. The third-order valence-electron chi connectivity index (χ3n) is 2.77. The molecule has 0 aromatic carbocycles. The first-order valence-electron chi connectivity index (χ1n) is 6.19. The van der Waals surface area contributed by atoms with Crippen LogP contribution in [0.15, 0.2) is 18.6 Å². The summed E-state index contributed by atoms with van der Waals surface area (Å²) in [5.41, 5.74) is 0.207. The molecule has 0 unspecified atom stereocenters. The SMILES string of the molecule is CCn1ncc(Cl)c1C(=O)NCCn1cc([N+](=O)[O-])cn1. The molecule has 9 nitrogen and oxygen atoms in total. The maximum Gasteiger partial charge on any atom is 0.306 e. The second-order valence-corrected chi connectivity index (χ2v) is 4.54. The summed E-state index contributed by atoms with van der Waals surface area (Å²) in [5, 5.41) is 21.3. The number of aromatic nitrogens is 4. The van der Waals surface area contributed by atoms with E-state index in [2.05, 4.69) is 15.5 Å². The third-order valence-corrected chi connectivity index (χ3v) is 3.04. The van der Waals surface area contributed by atoms with E-state index < -0.39 is 4.92 Å². The number of amides is 1. The summed E-state index contributed by atoms with van der Waals surface area (Å²) in [5.74, 6) is -0.346. The van der Waals surface area contributed by atoms with E-state index >= 15 is 0 Å². The lowest BCUT2D eigenvalue weighted by Crippen LogP contribution is -2.29. The van der Waals surface area contributed by atoms with Gasteiger partial charge in [-0.05, 0) is 6.92 Å². The molecule has 0 saturated carbocycles. The number of carbonyl (C=O) groups is 1. The van der Waals surface area contributed by atoms with Gasteiger partial charge in [0.05, 0.1) is 22.7 Å². The van der Waals surface area contributed by atoms with Gasteiger partial charge in [0.1, 0.15) is 18.1 Å². The molecule has 10 heteroatoms. The number of halogens is 1. The summed E-state index contributed by atoms with van der Waals surface area (Å²) in [6.45, 7) is 2.96. The van der Waals surface area contributed by atoms with E-state index in [9.17, 15) is 14.9 Å². The molecule has 21 heavy (non-hydrogen) atoms. The van der Waals surface area contributed by atoms with Crippen molar-refractivity contribution in [3.63, 3.8) is 0 Å². The van der Waals surface area contributed by atoms with E-state index in [1.807, 2.05) is 6.92 Å². The zero-order chi connectivity index (χ0) is 15.4. The molecule has 1 N–H and O–H groups in total. The quantitative estimate of drug-likeness (QED) is 0.634. The highest BCUT2D eigenvalue weighted by atomic mass is 35.5. The van der Waals surface area contributed by atoms with Crippen LogP contribution in [0.4, 0.5) is 5.69 Å². The number of hydrogen-bond acceptors (Lipinski definition) is 5. The molecule has 0 aliphatic carbocycles. The molecule has 0 spiro atoms. The van der Waals surface area contributed by atoms with E-state index in [4.69, 9.17) is 11.6 Å². The number of rotatable bonds is 6. The van der Waals surface area contributed by atoms with Crippen LogP contribution >= 0.6 is 11.6 Å². The smallest absolute Gasteiger partial charge is 0.306 e. The van der Waals surface area contributed by atoms with Crippen molar-refractivity contribution in [3.8, 4) is 0 Å². The van der Waals surface area contributed by atoms with Gasteiger partial charge in [-0.1, -0.05) is 11.6 Å². The number of hydrogen-bond donors (Lipinski definition) is 1. The van der Waals surface area contributed by atoms with Crippen LogP contribution in [0.1, 0.15) is 17.4 Å². The van der Waals surface area contributed by atoms with Gasteiger partial charge in [0, 0.05) is 13.1 Å². The van der Waals surface area contributed by atoms with Crippen molar-refractivity contribution in [3.05, 3.63) is 39.4 Å². The highest BCUT2D eigenvalue weighted by Gasteiger charge is 2.16. The molecule has 2 aromatic rings. The van der Waals surface area contributed by atoms with Gasteiger partial charge in [-0.15, -0.1) is 0 Å². The van der Waals surface area contributed by atoms with Crippen molar-refractivity contribution in [1.29, 1.82) is 0 Å². The number of nitrogens with zero attached hydrogens (tertiary/aromatic N) is 5. The second-order valence-electron chi connectivity index (χ2n) is 4.13. The average molecular weight is 313 g/mol. The number of aryl methyl sites for hydroxylation is 1. The molecule has 0 radical (unpaired) electrons. The van der Waals surface area contributed by atoms with E-state index in [1.165, 1.54) is 21.8 Å². The number of nitrogens with one attached hydrogen (secondary N) is 1. The molecular formula is C11H13ClN6O3. The largest absolute Gasteiger partial charge is 0.349 e. The van der Waals surface area contributed by atoms with E-state index in [0.717, 1.165) is 6.20 Å². The maximum atomic E-state index is 12.0. The van der Waals surface area contributed by atoms with Gasteiger partial charge in [0.25, 0.3) is 5.91 Å². The highest BCUT2D eigenvalue weighted by molar-refractivity contribution is 6.33. The van der Waals surface area contributed by atoms with Gasteiger partial charge in [0.2, 0.25) is 0 Å². The topological polar surface area (TPSA) is 108 Å². The Hall–Kier alpha value is -2.42. The van der Waals surface area contributed by atoms with E-state index in [-0.39, 0.29) is 23.2 Å². The first-order valence-corrected chi connectivity index (χ1v) is 6.57. The summed E-state index contributed by atoms with van der Waals surface area (Å²) in [7, 11) is 0. The number of carbonyl (C=O) groups excluding carboxylic acids is 1. The maximum absolute atomic E-state index is 12.0. The summed E-state index contributed by atoms with van der Waals surface area (Å²) in [4.78, 5) is 22.0. The van der Waals surface area contributed by atoms with Gasteiger partial charge in [-0.2, -0.15) is 10.2 Å². The van der Waals surface area contributed by atoms with Crippen molar-refractivity contribution >= 4 is 23.2 Å². The van der Waals surface area contributed by atoms with Crippen molar-refractivity contribution in [1.82, 2.24) is 24.9 Å². The molecule has 1 amide bonds. The molecule has 112 valence electrons. The third kappa shape index (κ3) is 3.37. The molecule has 2 rings (SSSR count). The van der Waals surface area contributed by atoms with Crippen LogP contribution in [0.5, 0.6) is 0 Å². The second kappa shape index (κ2) is 6.35. The molecule has 2 heterocycles. The van der Waals surface area contributed by atoms with Gasteiger partial charge in [-0.3, -0.25) is 24.3 Å². The molecule has 0 aliphatic heterocycles. The molecule has 2 aromatic heterocycles. The molecular weight excluding hydrogens is 300 g/mol. The van der Waals surface area contributed by atoms with Gasteiger partial charge in [0.15, 0.2) is 0 Å². The van der Waals surface area contributed by atoms with Crippen LogP contribution in [0.25, 0.3) is 0 Å². The minimum atomic E-state index is -0.526. The van der Waals surface area contributed by atoms with E-state index in [1.54, 1.807) is 0 Å². The van der Waals surface area contributed by atoms with Gasteiger partial charge < -0.3 is 5.32 Å². The fourth-order valence-electron chi connectivity index (χ4n) is 1.76. The van der Waals surface area contributed by atoms with Crippen LogP contribution in [0.3, 0.4) is 0 Å². The lowest BCUT2D eigenvalue weighted by Gasteiger charge is -2.07. The Morgan fingerprint density at radius 2 is 2.24 bits per heavy atom. The monoisotopic (exact) mass is 312 g/mol. The first-order chi connectivity index (χ1) is 10.0. The summed E-state index contributed by atoms with van der Waals surface area (Å²) < 4.78 is 2.88. The predicted octanol–water partition coefficient (Wildman–Crippen LogP) is 1.09. The Balaban J connectivity index is 1.92. The highest BCUT2D eigenvalue weighted by Crippen LogP contribution is 2.14. The molecule has 0 atom stereocenters. The Morgan fingerprint density at radius 1 is 1.48 bits per heavy atom. The van der Waals surface area contributed by atoms with Crippen LogP contribution < -0.4 is 5.32 Å². The zero-order valence-electron chi connectivity index (χ0n) is 11.2. The van der Waals surface area contributed by atoms with Crippen LogP contribution in [0.2, 0.25) is 5.02 Å². The Labute approximate surface area is 124 Å². The van der Waals surface area contributed by atoms with Crippen molar-refractivity contribution in [2.75, 3.05) is 6.54 Å². The molecule has 0 bridgehead atoms. The normalized spacial score (nSPS) is 10.6. The zero-order valence-corrected chi connectivity index (χ0v) is 11.9. The van der Waals surface area contributed by atoms with Crippen molar-refractivity contribution < 1.29 is 9.72 Å². The van der Waals surface area contributed by atoms with Crippen molar-refractivity contribution in [2.45, 2.75) is 20.0 Å². The standard InChI is InChI=1S/C11H13ClN6O3/c1-2-17-10(9(12)6-15-17)11(19)13-3-4-16-7-8(5-14-16)18(20)21/h5-7H,2-4H2,1H3,(H,13,19). The lowest BCUT2D eigenvalue weighted by molar-refractivity contribution is -0.385. The van der Waals surface area contributed by atoms with Gasteiger partial charge >= 0.3 is 5.69 Å². The van der Waals surface area contributed by atoms with Crippen molar-refractivity contribution in [2.24, 2.45) is 0 Å². The lowest BCUT2D eigenvalue weighted by atomic mass is 10.4. The van der Waals surface area contributed by atoms with Crippen LogP contribution in [0, 0.1) is 10.1 Å². The van der Waals surface area contributed by atoms with Gasteiger partial charge in [-0.25, -0.2) is 0 Å². The summed E-state index contributed by atoms with van der Waals surface area (Å²) in [6.07, 6.45) is 3.87. The Kier molecular flexibility index (Phi) is 4.53. The average Bonchev–Trinajstić information content (AvgIpc) is 3.05. The number of nitro groups is 1. The molecule has 0 aliphatic rings. The first kappa shape index (κ1) is 15.0. The van der Waals surface area contributed by atoms with E-state index in [0.29, 0.717) is 18.8 Å². The predicted molar refractivity (Wildman–Crippen MR) is 74.1 cm³/mol. The minimum Gasteiger partial charge on any atom is -0.349 e. The Bertz CT molecular complexity index is 665. The fourth-order valence-corrected chi connectivity index (χ4v) is 1.99. The van der Waals surface area contributed by atoms with Crippen LogP contribution in [-0.2, 0) is 13.1 Å². The minimum absolute atomic E-state index is 0.0894. The van der Waals surface area contributed by atoms with Crippen LogP contribution in [-0.4, -0.2) is 36.9 Å². The molecule has 0 fully saturated rings. The fraction of sp³-hybridized carbons (Fsp3) is 0.364. The Morgan fingerprint density at radius 3 is 2.86 bits per heavy atom. The molecule has 0 saturated heterocycles. The summed E-state index contributed by atoms with van der Waals surface area (Å²) in [6, 6.07) is 0.